The van der Waals surface area contributed by atoms with Gasteiger partial charge < -0.3 is 19.3 Å². The quantitative estimate of drug-likeness (QED) is 0.270. The van der Waals surface area contributed by atoms with E-state index in [4.69, 9.17) is 19.1 Å². The van der Waals surface area contributed by atoms with Crippen LogP contribution in [-0.4, -0.2) is 29.3 Å². The standard InChI is InChI=1S/C20H14BrFN2O4S.CO2/c1-27-16-4-2-10-7-14(16)24-29-17-8-11(6-13(21)19(17)25)20(26)28-9-15-12(10)3-5-18(22)23-15;2-1-3/h2-8,24-25H,9H2,1H3;. The molecule has 8 nitrogen and oxygen atoms in total. The van der Waals surface area contributed by atoms with E-state index >= 15 is 0 Å². The zero-order valence-electron chi connectivity index (χ0n) is 16.3. The number of aromatic nitrogens is 1. The first-order valence-corrected chi connectivity index (χ1v) is 10.4. The Kier molecular flexibility index (Phi) is 7.47. The fraction of sp³-hybridized carbons (Fsp3) is 0.0952. The van der Waals surface area contributed by atoms with Gasteiger partial charge in [-0.15, -0.1) is 0 Å². The van der Waals surface area contributed by atoms with Crippen molar-refractivity contribution in [3.05, 3.63) is 64.1 Å². The maximum atomic E-state index is 13.8. The molecule has 3 aromatic rings. The molecule has 1 aliphatic rings. The number of hydrogen-bond donors (Lipinski definition) is 2. The van der Waals surface area contributed by atoms with Crippen molar-refractivity contribution in [1.82, 2.24) is 4.98 Å². The Morgan fingerprint density at radius 1 is 1.22 bits per heavy atom. The second-order valence-corrected chi connectivity index (χ2v) is 7.91. The molecule has 0 fully saturated rings. The summed E-state index contributed by atoms with van der Waals surface area (Å²) in [6, 6.07) is 11.2. The monoisotopic (exact) mass is 520 g/mol. The fourth-order valence-electron chi connectivity index (χ4n) is 2.90. The van der Waals surface area contributed by atoms with Gasteiger partial charge in [0.2, 0.25) is 5.95 Å². The molecular weight excluding hydrogens is 507 g/mol. The van der Waals surface area contributed by atoms with Crippen LogP contribution in [0.5, 0.6) is 11.5 Å². The molecule has 1 aliphatic heterocycles. The van der Waals surface area contributed by atoms with Crippen molar-refractivity contribution in [1.29, 1.82) is 0 Å². The molecule has 0 atom stereocenters. The van der Waals surface area contributed by atoms with Gasteiger partial charge in [-0.3, -0.25) is 0 Å². The summed E-state index contributed by atoms with van der Waals surface area (Å²) in [5.74, 6) is -0.722. The number of methoxy groups -OCH3 is 1. The van der Waals surface area contributed by atoms with Crippen LogP contribution in [0.1, 0.15) is 16.1 Å². The second-order valence-electron chi connectivity index (χ2n) is 6.21. The number of halogens is 2. The molecule has 164 valence electrons. The van der Waals surface area contributed by atoms with Crippen LogP contribution in [0.4, 0.5) is 10.1 Å². The number of phenols is 1. The van der Waals surface area contributed by atoms with E-state index in [0.29, 0.717) is 32.1 Å². The third-order valence-corrected chi connectivity index (χ3v) is 5.78. The van der Waals surface area contributed by atoms with Crippen molar-refractivity contribution in [2.75, 3.05) is 11.8 Å². The number of phenolic OH excluding ortho intramolecular Hbond substituents is 1. The van der Waals surface area contributed by atoms with Crippen LogP contribution in [-0.2, 0) is 20.9 Å². The highest BCUT2D eigenvalue weighted by atomic mass is 79.9. The largest absolute Gasteiger partial charge is 0.506 e. The minimum absolute atomic E-state index is 0.0175. The topological polar surface area (TPSA) is 115 Å². The third-order valence-electron chi connectivity index (χ3n) is 4.33. The number of nitrogens with zero attached hydrogens (tertiary/aromatic N) is 1. The van der Waals surface area contributed by atoms with Gasteiger partial charge >= 0.3 is 12.1 Å². The summed E-state index contributed by atoms with van der Waals surface area (Å²) in [6.45, 7) is -0.207. The summed E-state index contributed by atoms with van der Waals surface area (Å²) < 4.78 is 28.0. The van der Waals surface area contributed by atoms with Crippen LogP contribution in [0, 0.1) is 5.95 Å². The van der Waals surface area contributed by atoms with Crippen molar-refractivity contribution < 1.29 is 33.4 Å². The molecule has 0 spiro atoms. The van der Waals surface area contributed by atoms with Crippen molar-refractivity contribution in [2.24, 2.45) is 0 Å². The van der Waals surface area contributed by atoms with E-state index < -0.39 is 11.9 Å². The number of nitrogens with one attached hydrogen (secondary N) is 1. The predicted octanol–water partition coefficient (Wildman–Crippen LogP) is 4.57. The number of anilines is 1. The lowest BCUT2D eigenvalue weighted by molar-refractivity contribution is -0.191. The van der Waals surface area contributed by atoms with Crippen LogP contribution in [0.25, 0.3) is 11.1 Å². The number of esters is 1. The average molecular weight is 521 g/mol. The van der Waals surface area contributed by atoms with E-state index in [-0.39, 0.29) is 24.1 Å². The molecule has 32 heavy (non-hydrogen) atoms. The fourth-order valence-corrected chi connectivity index (χ4v) is 4.26. The van der Waals surface area contributed by atoms with Gasteiger partial charge in [-0.2, -0.15) is 14.0 Å². The highest BCUT2D eigenvalue weighted by Crippen LogP contribution is 2.40. The van der Waals surface area contributed by atoms with Crippen molar-refractivity contribution in [3.8, 4) is 22.6 Å². The molecule has 0 amide bonds. The van der Waals surface area contributed by atoms with Gasteiger partial charge in [-0.25, -0.2) is 9.78 Å². The summed E-state index contributed by atoms with van der Waals surface area (Å²) >= 11 is 4.36. The maximum Gasteiger partial charge on any atom is 0.373 e. The van der Waals surface area contributed by atoms with Crippen molar-refractivity contribution >= 4 is 45.7 Å². The Morgan fingerprint density at radius 2 is 1.97 bits per heavy atom. The summed E-state index contributed by atoms with van der Waals surface area (Å²) in [5.41, 5.74) is 2.53. The molecule has 1 aromatic heterocycles. The Bertz CT molecular complexity index is 1220. The molecule has 4 rings (SSSR count). The van der Waals surface area contributed by atoms with E-state index in [9.17, 15) is 14.3 Å². The first-order valence-electron chi connectivity index (χ1n) is 8.83. The summed E-state index contributed by atoms with van der Waals surface area (Å²) in [7, 11) is 1.55. The predicted molar refractivity (Wildman–Crippen MR) is 116 cm³/mol. The number of pyridine rings is 1. The van der Waals surface area contributed by atoms with Crippen molar-refractivity contribution in [3.63, 3.8) is 0 Å². The Morgan fingerprint density at radius 3 is 2.69 bits per heavy atom. The molecule has 0 radical (unpaired) electrons. The highest BCUT2D eigenvalue weighted by Gasteiger charge is 2.19. The Balaban J connectivity index is 0.000000913. The molecule has 2 aromatic carbocycles. The van der Waals surface area contributed by atoms with Crippen LogP contribution in [0.2, 0.25) is 0 Å². The number of carbonyl (C=O) groups is 1. The third kappa shape index (κ3) is 5.08. The SMILES string of the molecule is COc1ccc2cc1NSc1cc(cc(Br)c1O)C(=O)OCc1nc(F)ccc1-2.O=C=O. The zero-order chi connectivity index (χ0) is 23.3. The number of carbonyl (C=O) groups excluding carboxylic acids is 3. The molecule has 4 bridgehead atoms. The molecule has 11 heteroatoms. The summed E-state index contributed by atoms with van der Waals surface area (Å²) in [5, 5.41) is 10.3. The summed E-state index contributed by atoms with van der Waals surface area (Å²) in [4.78, 5) is 33.1. The number of hydrogen-bond acceptors (Lipinski definition) is 9. The minimum Gasteiger partial charge on any atom is -0.506 e. The molecule has 0 aliphatic carbocycles. The maximum absolute atomic E-state index is 13.8. The van der Waals surface area contributed by atoms with E-state index in [1.165, 1.54) is 18.2 Å². The smallest absolute Gasteiger partial charge is 0.373 e. The summed E-state index contributed by atoms with van der Waals surface area (Å²) in [6.07, 6.45) is 0.250. The average Bonchev–Trinajstić information content (AvgIpc) is 2.78. The lowest BCUT2D eigenvalue weighted by atomic mass is 10.0. The molecule has 0 saturated carbocycles. The molecule has 0 unspecified atom stereocenters. The zero-order valence-corrected chi connectivity index (χ0v) is 18.8. The number of ether oxygens (including phenoxy) is 2. The van der Waals surface area contributed by atoms with E-state index in [2.05, 4.69) is 25.6 Å². The highest BCUT2D eigenvalue weighted by molar-refractivity contribution is 9.10. The minimum atomic E-state index is -0.666. The molecule has 2 heterocycles. The number of rotatable bonds is 1. The normalized spacial score (nSPS) is 12.2. The van der Waals surface area contributed by atoms with Crippen molar-refractivity contribution in [2.45, 2.75) is 11.5 Å². The Hall–Kier alpha value is -3.40. The van der Waals surface area contributed by atoms with Gasteiger partial charge in [0.05, 0.1) is 33.4 Å². The second kappa shape index (κ2) is 10.3. The van der Waals surface area contributed by atoms with Gasteiger partial charge in [0, 0.05) is 5.56 Å². The van der Waals surface area contributed by atoms with Crippen LogP contribution in [0.3, 0.4) is 0 Å². The molecule has 0 saturated heterocycles. The lowest BCUT2D eigenvalue weighted by Gasteiger charge is -2.14. The van der Waals surface area contributed by atoms with Crippen LogP contribution < -0.4 is 9.46 Å². The lowest BCUT2D eigenvalue weighted by Crippen LogP contribution is -2.08. The Labute approximate surface area is 194 Å². The van der Waals surface area contributed by atoms with E-state index in [0.717, 1.165) is 17.5 Å². The molecular formula is C21H14BrFN2O6S. The van der Waals surface area contributed by atoms with Gasteiger partial charge in [-0.1, -0.05) is 6.07 Å². The number of aromatic hydroxyl groups is 1. The first-order chi connectivity index (χ1) is 15.4. The number of benzene rings is 2. The van der Waals surface area contributed by atoms with Gasteiger partial charge in [0.15, 0.2) is 0 Å². The number of fused-ring (bicyclic) bond motifs is 6. The van der Waals surface area contributed by atoms with Crippen LogP contribution in [0.15, 0.2) is 51.8 Å². The molecule has 2 N–H and O–H groups in total. The van der Waals surface area contributed by atoms with Gasteiger partial charge in [-0.05, 0) is 69.8 Å². The van der Waals surface area contributed by atoms with Gasteiger partial charge in [0.25, 0.3) is 0 Å². The van der Waals surface area contributed by atoms with E-state index in [1.807, 2.05) is 12.1 Å². The number of cyclic esters (lactones) is 1. The first kappa shape index (κ1) is 23.3. The van der Waals surface area contributed by atoms with Crippen LogP contribution >= 0.6 is 27.9 Å². The van der Waals surface area contributed by atoms with Gasteiger partial charge in [0.1, 0.15) is 18.1 Å². The van der Waals surface area contributed by atoms with E-state index in [1.54, 1.807) is 19.2 Å².